The van der Waals surface area contributed by atoms with Crippen LogP contribution in [-0.4, -0.2) is 68.7 Å². The van der Waals surface area contributed by atoms with E-state index in [-0.39, 0.29) is 22.2 Å². The molecule has 0 radical (unpaired) electrons. The van der Waals surface area contributed by atoms with Crippen molar-refractivity contribution < 1.29 is 33.5 Å². The number of rotatable bonds is 11. The number of nitrogen functional groups attached to an aromatic ring is 1. The van der Waals surface area contributed by atoms with Crippen LogP contribution in [0.5, 0.6) is 0 Å². The lowest BCUT2D eigenvalue weighted by Crippen LogP contribution is -2.71. The molecule has 1 saturated heterocycles. The van der Waals surface area contributed by atoms with Gasteiger partial charge in [-0.25, -0.2) is 14.6 Å². The first kappa shape index (κ1) is 33.4. The molecule has 3 N–H and O–H groups in total. The summed E-state index contributed by atoms with van der Waals surface area (Å²) in [6.45, 7) is 8.40. The van der Waals surface area contributed by atoms with Crippen molar-refractivity contribution in [3.63, 3.8) is 0 Å². The molecule has 1 fully saturated rings. The van der Waals surface area contributed by atoms with Gasteiger partial charge >= 0.3 is 11.9 Å². The van der Waals surface area contributed by atoms with E-state index >= 15 is 0 Å². The molecule has 2 aliphatic rings. The number of amides is 2. The van der Waals surface area contributed by atoms with E-state index in [1.807, 2.05) is 60.7 Å². The summed E-state index contributed by atoms with van der Waals surface area (Å²) in [5.74, 6) is -2.35. The number of thiazole rings is 1. The summed E-state index contributed by atoms with van der Waals surface area (Å²) in [6.07, 6.45) is 0.798. The number of allylic oxidation sites excluding steroid dienone is 1. The Morgan fingerprint density at radius 2 is 1.77 bits per heavy atom. The van der Waals surface area contributed by atoms with Gasteiger partial charge in [-0.15, -0.1) is 23.1 Å². The molecule has 0 aliphatic carbocycles. The highest BCUT2D eigenvalue weighted by Gasteiger charge is 2.54. The third-order valence-electron chi connectivity index (χ3n) is 6.89. The minimum Gasteiger partial charge on any atom is -0.457 e. The van der Waals surface area contributed by atoms with Crippen molar-refractivity contribution in [1.82, 2.24) is 15.2 Å². The summed E-state index contributed by atoms with van der Waals surface area (Å²) in [6, 6.07) is 17.6. The fourth-order valence-corrected chi connectivity index (χ4v) is 6.75. The van der Waals surface area contributed by atoms with E-state index in [1.54, 1.807) is 20.8 Å². The van der Waals surface area contributed by atoms with Crippen LogP contribution >= 0.6 is 23.1 Å². The molecule has 47 heavy (non-hydrogen) atoms. The predicted octanol–water partition coefficient (Wildman–Crippen LogP) is 3.96. The number of carbonyl (C=O) groups is 4. The Morgan fingerprint density at radius 3 is 2.32 bits per heavy atom. The molecule has 244 valence electrons. The molecule has 5 rings (SSSR count). The number of hydrogen-bond donors (Lipinski definition) is 2. The van der Waals surface area contributed by atoms with Crippen LogP contribution in [0.1, 0.15) is 43.7 Å². The van der Waals surface area contributed by atoms with Crippen molar-refractivity contribution in [2.75, 3.05) is 18.1 Å². The Bertz CT molecular complexity index is 1690. The standard InChI is InChI=1S/C33H33N5O7S2/c1-5-19-17-46-30-25(36-28(40)24(22-18-47-32(34)35-22)37-43-16-23(39)45-33(2,3)4)29(41)38(30)26(19)31(42)44-27(20-12-8-6-9-13-20)21-14-10-7-11-15-21/h5-15,18,25,27,30H,1,16-17H2,2-4H3,(H2,34,35)(H,36,40)/b37-24+/t25-,30-/m1/s1. The highest BCUT2D eigenvalue weighted by molar-refractivity contribution is 8.00. The molecule has 2 aromatic carbocycles. The van der Waals surface area contributed by atoms with Gasteiger partial charge in [0.15, 0.2) is 16.9 Å². The number of β-lactam (4-membered cyclic amide) rings is 1. The number of anilines is 1. The van der Waals surface area contributed by atoms with Crippen LogP contribution in [0.15, 0.2) is 95.1 Å². The lowest BCUT2D eigenvalue weighted by Gasteiger charge is -2.49. The van der Waals surface area contributed by atoms with Gasteiger partial charge in [0.25, 0.3) is 11.8 Å². The van der Waals surface area contributed by atoms with Crippen LogP contribution in [0.2, 0.25) is 0 Å². The summed E-state index contributed by atoms with van der Waals surface area (Å²) in [4.78, 5) is 63.5. The number of fused-ring (bicyclic) bond motifs is 1. The van der Waals surface area contributed by atoms with E-state index in [0.29, 0.717) is 11.3 Å². The maximum Gasteiger partial charge on any atom is 0.356 e. The highest BCUT2D eigenvalue weighted by Crippen LogP contribution is 2.42. The zero-order chi connectivity index (χ0) is 33.7. The third-order valence-corrected chi connectivity index (χ3v) is 8.87. The molecule has 1 aromatic heterocycles. The zero-order valence-electron chi connectivity index (χ0n) is 25.9. The molecule has 14 heteroatoms. The molecule has 0 bridgehead atoms. The van der Waals surface area contributed by atoms with Crippen LogP contribution < -0.4 is 11.1 Å². The van der Waals surface area contributed by atoms with Crippen LogP contribution in [-0.2, 0) is 33.5 Å². The van der Waals surface area contributed by atoms with E-state index < -0.39 is 53.5 Å². The van der Waals surface area contributed by atoms with Crippen molar-refractivity contribution >= 4 is 57.7 Å². The zero-order valence-corrected chi connectivity index (χ0v) is 27.5. The van der Waals surface area contributed by atoms with E-state index in [0.717, 1.165) is 22.5 Å². The van der Waals surface area contributed by atoms with Crippen molar-refractivity contribution in [2.45, 2.75) is 43.9 Å². The molecule has 12 nitrogen and oxygen atoms in total. The Hall–Kier alpha value is -4.95. The molecular weight excluding hydrogens is 643 g/mol. The number of thioether (sulfide) groups is 1. The maximum atomic E-state index is 13.8. The molecule has 0 spiro atoms. The molecule has 3 heterocycles. The summed E-state index contributed by atoms with van der Waals surface area (Å²) in [5, 5.41) is 7.58. The number of ether oxygens (including phenoxy) is 2. The van der Waals surface area contributed by atoms with Crippen molar-refractivity contribution in [2.24, 2.45) is 5.16 Å². The summed E-state index contributed by atoms with van der Waals surface area (Å²) in [5.41, 5.74) is 6.97. The van der Waals surface area contributed by atoms with Crippen LogP contribution in [0.4, 0.5) is 5.13 Å². The number of aromatic nitrogens is 1. The minimum absolute atomic E-state index is 0.0676. The Kier molecular flexibility index (Phi) is 10.1. The normalized spacial score (nSPS) is 17.8. The number of oxime groups is 1. The lowest BCUT2D eigenvalue weighted by molar-refractivity contribution is -0.160. The van der Waals surface area contributed by atoms with Gasteiger partial charge in [0.05, 0.1) is 0 Å². The number of nitrogens with two attached hydrogens (primary N) is 1. The SMILES string of the molecule is C=CC1=C(C(=O)OC(c2ccccc2)c2ccccc2)N2C(=O)[C@@H](NC(=O)/C(=N/OCC(=O)OC(C)(C)C)c3csc(N)n3)[C@H]2SC1. The maximum absolute atomic E-state index is 13.8. The minimum atomic E-state index is -1.01. The number of nitrogens with one attached hydrogen (secondary N) is 1. The van der Waals surface area contributed by atoms with Gasteiger partial charge in [-0.2, -0.15) is 0 Å². The molecule has 3 aromatic rings. The molecule has 0 saturated carbocycles. The third kappa shape index (κ3) is 7.72. The molecular formula is C33H33N5O7S2. The van der Waals surface area contributed by atoms with Gasteiger partial charge in [0, 0.05) is 11.1 Å². The van der Waals surface area contributed by atoms with E-state index in [1.165, 1.54) is 28.1 Å². The molecule has 2 aliphatic heterocycles. The fraction of sp³-hybridized carbons (Fsp3) is 0.273. The van der Waals surface area contributed by atoms with E-state index in [4.69, 9.17) is 20.0 Å². The van der Waals surface area contributed by atoms with Crippen molar-refractivity contribution in [3.8, 4) is 0 Å². The quantitative estimate of drug-likeness (QED) is 0.132. The number of hydrogen-bond acceptors (Lipinski definition) is 12. The molecule has 2 amide bonds. The lowest BCUT2D eigenvalue weighted by atomic mass is 10.0. The molecule has 2 atom stereocenters. The van der Waals surface area contributed by atoms with Gasteiger partial charge in [-0.1, -0.05) is 78.5 Å². The van der Waals surface area contributed by atoms with Crippen LogP contribution in [0.3, 0.4) is 0 Å². The Balaban J connectivity index is 1.33. The number of nitrogens with zero attached hydrogens (tertiary/aromatic N) is 3. The van der Waals surface area contributed by atoms with Gasteiger partial charge in [-0.05, 0) is 37.5 Å². The van der Waals surface area contributed by atoms with Crippen LogP contribution in [0.25, 0.3) is 0 Å². The van der Waals surface area contributed by atoms with Crippen LogP contribution in [0, 0.1) is 0 Å². The second-order valence-corrected chi connectivity index (χ2v) is 13.4. The van der Waals surface area contributed by atoms with Crippen molar-refractivity contribution in [3.05, 3.63) is 107 Å². The highest BCUT2D eigenvalue weighted by atomic mass is 32.2. The average Bonchev–Trinajstić information content (AvgIpc) is 3.48. The molecule has 0 unspecified atom stereocenters. The van der Waals surface area contributed by atoms with Gasteiger partial charge in [0.1, 0.15) is 28.4 Å². The smallest absolute Gasteiger partial charge is 0.356 e. The first-order valence-corrected chi connectivity index (χ1v) is 16.4. The second-order valence-electron chi connectivity index (χ2n) is 11.4. The Morgan fingerprint density at radius 1 is 1.13 bits per heavy atom. The van der Waals surface area contributed by atoms with Gasteiger partial charge in [-0.3, -0.25) is 14.5 Å². The number of benzene rings is 2. The number of esters is 2. The topological polar surface area (TPSA) is 163 Å². The van der Waals surface area contributed by atoms with Crippen molar-refractivity contribution in [1.29, 1.82) is 0 Å². The second kappa shape index (κ2) is 14.2. The van der Waals surface area contributed by atoms with E-state index in [9.17, 15) is 19.2 Å². The Labute approximate surface area is 279 Å². The van der Waals surface area contributed by atoms with Gasteiger partial charge in [0.2, 0.25) is 6.61 Å². The predicted molar refractivity (Wildman–Crippen MR) is 178 cm³/mol. The summed E-state index contributed by atoms with van der Waals surface area (Å²) < 4.78 is 11.3. The first-order chi connectivity index (χ1) is 22.5. The first-order valence-electron chi connectivity index (χ1n) is 14.5. The number of carbonyl (C=O) groups excluding carboxylic acids is 4. The van der Waals surface area contributed by atoms with E-state index in [2.05, 4.69) is 22.0 Å². The largest absolute Gasteiger partial charge is 0.457 e. The monoisotopic (exact) mass is 675 g/mol. The summed E-state index contributed by atoms with van der Waals surface area (Å²) >= 11 is 2.43. The van der Waals surface area contributed by atoms with Gasteiger partial charge < -0.3 is 25.4 Å². The fourth-order valence-electron chi connectivity index (χ4n) is 4.87. The summed E-state index contributed by atoms with van der Waals surface area (Å²) in [7, 11) is 0. The average molecular weight is 676 g/mol.